The lowest BCUT2D eigenvalue weighted by Crippen LogP contribution is -2.57. The molecular weight excluding hydrogens is 823 g/mol. The summed E-state index contributed by atoms with van der Waals surface area (Å²) in [5.41, 5.74) is 14.4. The predicted octanol–water partition coefficient (Wildman–Crippen LogP) is 14.8. The van der Waals surface area contributed by atoms with E-state index in [1.165, 1.54) is 0 Å². The van der Waals surface area contributed by atoms with Crippen molar-refractivity contribution in [2.24, 2.45) is 0 Å². The summed E-state index contributed by atoms with van der Waals surface area (Å²) in [6.45, 7) is -0.168. The topological polar surface area (TPSA) is 51.2 Å². The van der Waals surface area contributed by atoms with Gasteiger partial charge in [0.25, 0.3) is 6.71 Å². The Balaban J connectivity index is 0.952. The monoisotopic (exact) mass is 860 g/mol. The molecule has 2 aliphatic heterocycles. The molecule has 67 heavy (non-hydrogen) atoms. The van der Waals surface area contributed by atoms with Gasteiger partial charge in [0.15, 0.2) is 11.2 Å². The fourth-order valence-corrected chi connectivity index (χ4v) is 10.4. The van der Waals surface area contributed by atoms with Gasteiger partial charge in [-0.25, -0.2) is 0 Å². The predicted molar refractivity (Wildman–Crippen MR) is 273 cm³/mol. The minimum atomic E-state index is -0.168. The number of benzene rings is 10. The van der Waals surface area contributed by atoms with Crippen LogP contribution in [0.15, 0.2) is 233 Å². The van der Waals surface area contributed by atoms with Gasteiger partial charge >= 0.3 is 0 Å². The van der Waals surface area contributed by atoms with E-state index in [-0.39, 0.29) is 6.71 Å². The van der Waals surface area contributed by atoms with E-state index in [0.717, 1.165) is 129 Å². The van der Waals surface area contributed by atoms with Gasteiger partial charge in [-0.3, -0.25) is 0 Å². The lowest BCUT2D eigenvalue weighted by Gasteiger charge is -2.35. The number of nitrogens with zero attached hydrogens (tertiary/aromatic N) is 2. The Labute approximate surface area is 386 Å². The SMILES string of the molecule is c1ccc(-c2cc3c4c(c2)Oc2cc(N(c5ccccc5)c5cccc6c5oc5ccccc56)ccc2B4c2ccc(N(c4ccccc4)c4cccc5c4oc4ccccc45)cc2O3)cc1. The van der Waals surface area contributed by atoms with Crippen molar-refractivity contribution in [3.63, 3.8) is 0 Å². The van der Waals surface area contributed by atoms with E-state index in [9.17, 15) is 0 Å². The van der Waals surface area contributed by atoms with E-state index >= 15 is 0 Å². The molecule has 12 aromatic rings. The number of rotatable bonds is 7. The first-order chi connectivity index (χ1) is 33.2. The molecule has 314 valence electrons. The Kier molecular flexibility index (Phi) is 8.27. The summed E-state index contributed by atoms with van der Waals surface area (Å²) in [6.07, 6.45) is 0. The van der Waals surface area contributed by atoms with Gasteiger partial charge in [-0.1, -0.05) is 140 Å². The van der Waals surface area contributed by atoms with Gasteiger partial charge in [-0.05, 0) is 94.8 Å². The van der Waals surface area contributed by atoms with Crippen molar-refractivity contribution in [2.75, 3.05) is 9.80 Å². The molecule has 0 saturated carbocycles. The molecule has 0 bridgehead atoms. The molecule has 0 N–H and O–H groups in total. The largest absolute Gasteiger partial charge is 0.458 e. The summed E-state index contributed by atoms with van der Waals surface area (Å²) in [4.78, 5) is 4.53. The highest BCUT2D eigenvalue weighted by Crippen LogP contribution is 2.47. The minimum Gasteiger partial charge on any atom is -0.458 e. The number of ether oxygens (including phenoxy) is 2. The number of hydrogen-bond acceptors (Lipinski definition) is 6. The van der Waals surface area contributed by atoms with Crippen LogP contribution in [-0.2, 0) is 0 Å². The number of fused-ring (bicyclic) bond motifs is 10. The molecule has 0 spiro atoms. The van der Waals surface area contributed by atoms with Crippen LogP contribution in [0.3, 0.4) is 0 Å². The van der Waals surface area contributed by atoms with Crippen molar-refractivity contribution in [3.05, 3.63) is 224 Å². The van der Waals surface area contributed by atoms with Crippen LogP contribution in [0.1, 0.15) is 0 Å². The van der Waals surface area contributed by atoms with Gasteiger partial charge < -0.3 is 28.1 Å². The first-order valence-corrected chi connectivity index (χ1v) is 22.6. The maximum atomic E-state index is 7.09. The molecule has 2 aliphatic rings. The summed E-state index contributed by atoms with van der Waals surface area (Å²) in [5, 5.41) is 4.30. The van der Waals surface area contributed by atoms with Crippen LogP contribution < -0.4 is 35.7 Å². The number of furan rings is 2. The Morgan fingerprint density at radius 2 is 0.746 bits per heavy atom. The number of para-hydroxylation sites is 6. The van der Waals surface area contributed by atoms with E-state index in [1.54, 1.807) is 0 Å². The standard InChI is InChI=1S/C60H37BN2O4/c1-4-16-38(17-5-1)39-34-56-58-57(35-39)65-55-37-43(63(41-20-8-3-9-21-41)51-27-15-25-47-45-23-11-13-29-53(45)67-60(47)51)31-33-49(55)61(58)48-32-30-42(36-54(48)64-56)62(40-18-6-2-7-19-40)50-26-14-24-46-44-22-10-12-28-52(44)66-59(46)50/h1-37H. The van der Waals surface area contributed by atoms with Crippen LogP contribution in [0.2, 0.25) is 0 Å². The van der Waals surface area contributed by atoms with Gasteiger partial charge in [-0.2, -0.15) is 0 Å². The van der Waals surface area contributed by atoms with E-state index in [1.807, 2.05) is 42.5 Å². The second-order valence-corrected chi connectivity index (χ2v) is 17.2. The van der Waals surface area contributed by atoms with Crippen LogP contribution >= 0.6 is 0 Å². The quantitative estimate of drug-likeness (QED) is 0.149. The second kappa shape index (κ2) is 14.8. The number of hydrogen-bond donors (Lipinski definition) is 0. The Morgan fingerprint density at radius 3 is 1.24 bits per heavy atom. The summed E-state index contributed by atoms with van der Waals surface area (Å²) in [5.74, 6) is 3.11. The zero-order valence-corrected chi connectivity index (χ0v) is 36.0. The molecule has 2 aromatic heterocycles. The Bertz CT molecular complexity index is 3670. The average Bonchev–Trinajstić information content (AvgIpc) is 3.97. The molecule has 0 aliphatic carbocycles. The molecule has 0 atom stereocenters. The molecular formula is C60H37BN2O4. The highest BCUT2D eigenvalue weighted by atomic mass is 16.5. The van der Waals surface area contributed by atoms with E-state index in [2.05, 4.69) is 192 Å². The summed E-state index contributed by atoms with van der Waals surface area (Å²) in [7, 11) is 0. The Morgan fingerprint density at radius 1 is 0.313 bits per heavy atom. The van der Waals surface area contributed by atoms with E-state index in [0.29, 0.717) is 0 Å². The normalized spacial score (nSPS) is 12.4. The molecule has 0 unspecified atom stereocenters. The van der Waals surface area contributed by atoms with Crippen molar-refractivity contribution in [3.8, 4) is 34.1 Å². The fourth-order valence-electron chi connectivity index (χ4n) is 10.4. The maximum Gasteiger partial charge on any atom is 0.260 e. The summed E-state index contributed by atoms with van der Waals surface area (Å²) < 4.78 is 27.5. The van der Waals surface area contributed by atoms with Crippen molar-refractivity contribution in [1.82, 2.24) is 0 Å². The van der Waals surface area contributed by atoms with Crippen molar-refractivity contribution >= 4 is 101 Å². The van der Waals surface area contributed by atoms with Crippen LogP contribution in [0.25, 0.3) is 55.0 Å². The van der Waals surface area contributed by atoms with Gasteiger partial charge in [0.2, 0.25) is 0 Å². The second-order valence-electron chi connectivity index (χ2n) is 17.2. The molecule has 0 fully saturated rings. The minimum absolute atomic E-state index is 0.168. The van der Waals surface area contributed by atoms with Crippen molar-refractivity contribution in [2.45, 2.75) is 0 Å². The third-order valence-electron chi connectivity index (χ3n) is 13.4. The van der Waals surface area contributed by atoms with Crippen molar-refractivity contribution < 1.29 is 18.3 Å². The molecule has 0 amide bonds. The number of anilines is 6. The van der Waals surface area contributed by atoms with E-state index < -0.39 is 0 Å². The van der Waals surface area contributed by atoms with Gasteiger partial charge in [-0.15, -0.1) is 0 Å². The molecule has 6 nitrogen and oxygen atoms in total. The highest BCUT2D eigenvalue weighted by molar-refractivity contribution is 6.98. The summed E-state index contributed by atoms with van der Waals surface area (Å²) >= 11 is 0. The lowest BCUT2D eigenvalue weighted by molar-refractivity contribution is 0.465. The van der Waals surface area contributed by atoms with Crippen LogP contribution in [0, 0.1) is 0 Å². The lowest BCUT2D eigenvalue weighted by atomic mass is 9.35. The zero-order valence-electron chi connectivity index (χ0n) is 36.0. The summed E-state index contributed by atoms with van der Waals surface area (Å²) in [6, 6.07) is 78.1. The molecule has 4 heterocycles. The van der Waals surface area contributed by atoms with Crippen LogP contribution in [-0.4, -0.2) is 6.71 Å². The first-order valence-electron chi connectivity index (χ1n) is 22.6. The van der Waals surface area contributed by atoms with Gasteiger partial charge in [0, 0.05) is 61.9 Å². The van der Waals surface area contributed by atoms with Crippen LogP contribution in [0.5, 0.6) is 23.0 Å². The molecule has 0 saturated heterocycles. The van der Waals surface area contributed by atoms with Crippen LogP contribution in [0.4, 0.5) is 34.1 Å². The molecule has 14 rings (SSSR count). The van der Waals surface area contributed by atoms with Gasteiger partial charge in [0.1, 0.15) is 34.2 Å². The molecule has 10 aromatic carbocycles. The van der Waals surface area contributed by atoms with Crippen molar-refractivity contribution in [1.29, 1.82) is 0 Å². The molecule has 7 heteroatoms. The fraction of sp³-hybridized carbons (Fsp3) is 0. The third-order valence-corrected chi connectivity index (χ3v) is 13.4. The van der Waals surface area contributed by atoms with Gasteiger partial charge in [0.05, 0.1) is 11.4 Å². The average molecular weight is 861 g/mol. The maximum absolute atomic E-state index is 7.09. The smallest absolute Gasteiger partial charge is 0.260 e. The zero-order chi connectivity index (χ0) is 44.0. The van der Waals surface area contributed by atoms with E-state index in [4.69, 9.17) is 18.3 Å². The highest BCUT2D eigenvalue weighted by Gasteiger charge is 2.41. The molecule has 0 radical (unpaired) electrons. The third kappa shape index (κ3) is 5.91. The Hall–Kier alpha value is -8.94. The first kappa shape index (κ1) is 37.4.